The second-order valence-corrected chi connectivity index (χ2v) is 6.54. The van der Waals surface area contributed by atoms with E-state index in [0.29, 0.717) is 31.9 Å². The third kappa shape index (κ3) is 4.16. The summed E-state index contributed by atoms with van der Waals surface area (Å²) in [6.07, 6.45) is 0.596. The van der Waals surface area contributed by atoms with Gasteiger partial charge in [0.25, 0.3) is 0 Å². The summed E-state index contributed by atoms with van der Waals surface area (Å²) >= 11 is 0. The predicted octanol–water partition coefficient (Wildman–Crippen LogP) is -0.0157. The highest BCUT2D eigenvalue weighted by atomic mass is 32.2. The lowest BCUT2D eigenvalue weighted by molar-refractivity contribution is 0.164. The molecular formula is C12H24N4O4S. The predicted molar refractivity (Wildman–Crippen MR) is 79.5 cm³/mol. The van der Waals surface area contributed by atoms with E-state index in [1.165, 1.54) is 16.1 Å². The van der Waals surface area contributed by atoms with Crippen LogP contribution in [0.4, 0.5) is 5.82 Å². The summed E-state index contributed by atoms with van der Waals surface area (Å²) in [6.45, 7) is 3.08. The molecule has 0 aliphatic carbocycles. The number of aromatic nitrogens is 2. The van der Waals surface area contributed by atoms with Crippen molar-refractivity contribution in [3.8, 4) is 0 Å². The highest BCUT2D eigenvalue weighted by Crippen LogP contribution is 2.25. The first-order chi connectivity index (χ1) is 9.86. The molecule has 1 rings (SSSR count). The van der Waals surface area contributed by atoms with Crippen molar-refractivity contribution >= 4 is 15.8 Å². The average molecular weight is 320 g/mol. The second kappa shape index (κ2) is 7.74. The van der Waals surface area contributed by atoms with E-state index in [-0.39, 0.29) is 17.3 Å². The molecule has 0 amide bonds. The van der Waals surface area contributed by atoms with E-state index < -0.39 is 10.0 Å². The Hall–Kier alpha value is -1.16. The van der Waals surface area contributed by atoms with Crippen molar-refractivity contribution in [2.75, 3.05) is 46.3 Å². The first-order valence-corrected chi connectivity index (χ1v) is 8.07. The van der Waals surface area contributed by atoms with E-state index in [4.69, 9.17) is 15.2 Å². The van der Waals surface area contributed by atoms with Crippen molar-refractivity contribution < 1.29 is 17.9 Å². The largest absolute Gasteiger partial charge is 0.385 e. The molecule has 122 valence electrons. The van der Waals surface area contributed by atoms with Crippen LogP contribution in [0.5, 0.6) is 0 Å². The number of nitrogens with two attached hydrogens (primary N) is 1. The van der Waals surface area contributed by atoms with Crippen LogP contribution in [0, 0.1) is 6.92 Å². The van der Waals surface area contributed by atoms with Crippen LogP contribution in [0.15, 0.2) is 4.90 Å². The number of hydrogen-bond donors (Lipinski definition) is 1. The third-order valence-corrected chi connectivity index (χ3v) is 5.27. The van der Waals surface area contributed by atoms with Gasteiger partial charge in [-0.05, 0) is 13.3 Å². The van der Waals surface area contributed by atoms with Crippen LogP contribution in [-0.2, 0) is 26.5 Å². The van der Waals surface area contributed by atoms with Gasteiger partial charge in [-0.2, -0.15) is 9.40 Å². The number of methoxy groups -OCH3 is 2. The minimum absolute atomic E-state index is 0.0177. The van der Waals surface area contributed by atoms with E-state index in [9.17, 15) is 8.42 Å². The number of nitrogen functional groups attached to an aromatic ring is 1. The quantitative estimate of drug-likeness (QED) is 0.642. The molecule has 21 heavy (non-hydrogen) atoms. The average Bonchev–Trinajstić information content (AvgIpc) is 2.67. The molecule has 0 bridgehead atoms. The van der Waals surface area contributed by atoms with Gasteiger partial charge in [0.1, 0.15) is 4.90 Å². The topological polar surface area (TPSA) is 99.7 Å². The van der Waals surface area contributed by atoms with Gasteiger partial charge in [0.05, 0.1) is 12.3 Å². The van der Waals surface area contributed by atoms with Gasteiger partial charge in [0.15, 0.2) is 5.82 Å². The van der Waals surface area contributed by atoms with Gasteiger partial charge in [0, 0.05) is 41.0 Å². The fourth-order valence-corrected chi connectivity index (χ4v) is 3.75. The van der Waals surface area contributed by atoms with Crippen LogP contribution in [0.25, 0.3) is 0 Å². The molecule has 0 saturated heterocycles. The number of sulfonamides is 1. The van der Waals surface area contributed by atoms with Gasteiger partial charge in [-0.25, -0.2) is 8.42 Å². The SMILES string of the molecule is COCCCN(CCOC)S(=O)(=O)c1c(N)nn(C)c1C. The Morgan fingerprint density at radius 1 is 1.24 bits per heavy atom. The molecule has 0 spiro atoms. The standard InChI is InChI=1S/C12H24N4O4S/c1-10-11(12(13)14-15(10)2)21(17,18)16(7-9-20-4)6-5-8-19-3/h5-9H2,1-4H3,(H2,13,14). The Morgan fingerprint density at radius 2 is 1.86 bits per heavy atom. The summed E-state index contributed by atoms with van der Waals surface area (Å²) in [5.41, 5.74) is 6.27. The normalized spacial score (nSPS) is 12.2. The van der Waals surface area contributed by atoms with Crippen LogP contribution in [0.1, 0.15) is 12.1 Å². The van der Waals surface area contributed by atoms with Crippen LogP contribution in [0.3, 0.4) is 0 Å². The summed E-state index contributed by atoms with van der Waals surface area (Å²) in [7, 11) is 1.07. The second-order valence-electron chi connectivity index (χ2n) is 4.67. The Kier molecular flexibility index (Phi) is 6.59. The van der Waals surface area contributed by atoms with Gasteiger partial charge in [-0.1, -0.05) is 0 Å². The number of anilines is 1. The van der Waals surface area contributed by atoms with Crippen molar-refractivity contribution in [2.24, 2.45) is 7.05 Å². The van der Waals surface area contributed by atoms with Crippen molar-refractivity contribution in [1.29, 1.82) is 0 Å². The molecule has 0 atom stereocenters. The monoisotopic (exact) mass is 320 g/mol. The lowest BCUT2D eigenvalue weighted by Crippen LogP contribution is -2.35. The molecule has 0 fully saturated rings. The van der Waals surface area contributed by atoms with Gasteiger partial charge < -0.3 is 15.2 Å². The molecule has 0 radical (unpaired) electrons. The molecule has 0 saturated carbocycles. The lowest BCUT2D eigenvalue weighted by atomic mass is 10.4. The minimum atomic E-state index is -3.70. The van der Waals surface area contributed by atoms with Crippen LogP contribution in [0.2, 0.25) is 0 Å². The molecule has 0 aromatic carbocycles. The van der Waals surface area contributed by atoms with Crippen LogP contribution in [-0.4, -0.2) is 63.0 Å². The van der Waals surface area contributed by atoms with Crippen LogP contribution < -0.4 is 5.73 Å². The molecule has 8 nitrogen and oxygen atoms in total. The lowest BCUT2D eigenvalue weighted by Gasteiger charge is -2.21. The highest BCUT2D eigenvalue weighted by molar-refractivity contribution is 7.89. The summed E-state index contributed by atoms with van der Waals surface area (Å²) in [5, 5.41) is 3.97. The van der Waals surface area contributed by atoms with Crippen LogP contribution >= 0.6 is 0 Å². The maximum Gasteiger partial charge on any atom is 0.248 e. The maximum atomic E-state index is 12.8. The number of rotatable bonds is 9. The number of hydrogen-bond acceptors (Lipinski definition) is 6. The zero-order valence-corrected chi connectivity index (χ0v) is 13.8. The first kappa shape index (κ1) is 17.9. The van der Waals surface area contributed by atoms with E-state index in [2.05, 4.69) is 5.10 Å². The van der Waals surface area contributed by atoms with Gasteiger partial charge in [0.2, 0.25) is 10.0 Å². The summed E-state index contributed by atoms with van der Waals surface area (Å²) < 4.78 is 38.3. The summed E-state index contributed by atoms with van der Waals surface area (Å²) in [5.74, 6) is 0.0177. The van der Waals surface area contributed by atoms with E-state index in [1.54, 1.807) is 21.1 Å². The van der Waals surface area contributed by atoms with Gasteiger partial charge in [-0.15, -0.1) is 0 Å². The van der Waals surface area contributed by atoms with E-state index >= 15 is 0 Å². The molecule has 0 aliphatic heterocycles. The zero-order valence-electron chi connectivity index (χ0n) is 13.0. The van der Waals surface area contributed by atoms with Crippen molar-refractivity contribution in [1.82, 2.24) is 14.1 Å². The maximum absolute atomic E-state index is 12.8. The van der Waals surface area contributed by atoms with Gasteiger partial charge in [-0.3, -0.25) is 4.68 Å². The van der Waals surface area contributed by atoms with Crippen molar-refractivity contribution in [3.05, 3.63) is 5.69 Å². The number of ether oxygens (including phenoxy) is 2. The number of aryl methyl sites for hydroxylation is 1. The molecule has 0 aliphatic rings. The third-order valence-electron chi connectivity index (χ3n) is 3.20. The van der Waals surface area contributed by atoms with Gasteiger partial charge >= 0.3 is 0 Å². The first-order valence-electron chi connectivity index (χ1n) is 6.63. The summed E-state index contributed by atoms with van der Waals surface area (Å²) in [6, 6.07) is 0. The van der Waals surface area contributed by atoms with E-state index in [0.717, 1.165) is 0 Å². The molecule has 1 aromatic heterocycles. The smallest absolute Gasteiger partial charge is 0.248 e. The summed E-state index contributed by atoms with van der Waals surface area (Å²) in [4.78, 5) is 0.0681. The minimum Gasteiger partial charge on any atom is -0.385 e. The Labute approximate surface area is 125 Å². The number of nitrogens with zero attached hydrogens (tertiary/aromatic N) is 3. The molecule has 1 heterocycles. The molecule has 0 unspecified atom stereocenters. The Balaban J connectivity index is 3.07. The van der Waals surface area contributed by atoms with Crippen molar-refractivity contribution in [3.63, 3.8) is 0 Å². The molecule has 9 heteroatoms. The molecular weight excluding hydrogens is 296 g/mol. The fraction of sp³-hybridized carbons (Fsp3) is 0.750. The molecule has 1 aromatic rings. The Bertz CT molecular complexity index is 556. The highest BCUT2D eigenvalue weighted by Gasteiger charge is 2.30. The zero-order chi connectivity index (χ0) is 16.0. The molecule has 2 N–H and O–H groups in total. The van der Waals surface area contributed by atoms with Crippen molar-refractivity contribution in [2.45, 2.75) is 18.2 Å². The Morgan fingerprint density at radius 3 is 2.33 bits per heavy atom. The fourth-order valence-electron chi connectivity index (χ4n) is 1.99. The van der Waals surface area contributed by atoms with E-state index in [1.807, 2.05) is 0 Å².